The Bertz CT molecular complexity index is 1040. The zero-order valence-electron chi connectivity index (χ0n) is 14.1. The molecule has 27 heavy (non-hydrogen) atoms. The molecule has 0 saturated carbocycles. The second kappa shape index (κ2) is 7.96. The van der Waals surface area contributed by atoms with Crippen LogP contribution in [0, 0.1) is 5.82 Å². The Labute approximate surface area is 156 Å². The van der Waals surface area contributed by atoms with Crippen LogP contribution in [0.2, 0.25) is 0 Å². The molecule has 0 aliphatic heterocycles. The van der Waals surface area contributed by atoms with Gasteiger partial charge in [-0.3, -0.25) is 14.5 Å². The highest BCUT2D eigenvalue weighted by molar-refractivity contribution is 7.92. The lowest BCUT2D eigenvalue weighted by molar-refractivity contribution is 0.0947. The van der Waals surface area contributed by atoms with Crippen molar-refractivity contribution in [2.75, 3.05) is 4.72 Å². The number of hydrogen-bond donors (Lipinski definition) is 2. The molecule has 0 unspecified atom stereocenters. The predicted octanol–water partition coefficient (Wildman–Crippen LogP) is 2.95. The molecule has 138 valence electrons. The Morgan fingerprint density at radius 2 is 1.74 bits per heavy atom. The molecule has 0 spiro atoms. The van der Waals surface area contributed by atoms with Crippen molar-refractivity contribution in [3.63, 3.8) is 0 Å². The number of anilines is 1. The molecule has 1 aromatic heterocycles. The number of rotatable bonds is 6. The Morgan fingerprint density at radius 1 is 1.00 bits per heavy atom. The fourth-order valence-electron chi connectivity index (χ4n) is 2.40. The van der Waals surface area contributed by atoms with Crippen LogP contribution in [0.5, 0.6) is 0 Å². The second-order valence-corrected chi connectivity index (χ2v) is 7.30. The fraction of sp³-hybridized carbons (Fsp3) is 0.0526. The quantitative estimate of drug-likeness (QED) is 0.683. The smallest absolute Gasteiger partial charge is 0.262 e. The van der Waals surface area contributed by atoms with Crippen molar-refractivity contribution in [3.05, 3.63) is 90.0 Å². The van der Waals surface area contributed by atoms with E-state index in [2.05, 4.69) is 15.0 Å². The summed E-state index contributed by atoms with van der Waals surface area (Å²) >= 11 is 0. The summed E-state index contributed by atoms with van der Waals surface area (Å²) in [6.45, 7) is 0.142. The van der Waals surface area contributed by atoms with E-state index in [1.807, 2.05) is 0 Å². The van der Waals surface area contributed by atoms with Gasteiger partial charge in [0.05, 0.1) is 17.4 Å². The van der Waals surface area contributed by atoms with Crippen molar-refractivity contribution in [2.24, 2.45) is 0 Å². The maximum atomic E-state index is 12.9. The van der Waals surface area contributed by atoms with Crippen molar-refractivity contribution in [2.45, 2.75) is 11.4 Å². The fourth-order valence-corrected chi connectivity index (χ4v) is 3.65. The van der Waals surface area contributed by atoms with Gasteiger partial charge in [-0.05, 0) is 42.0 Å². The number of pyridine rings is 1. The number of nitrogens with zero attached hydrogens (tertiary/aromatic N) is 1. The van der Waals surface area contributed by atoms with Crippen LogP contribution in [0.4, 0.5) is 10.1 Å². The van der Waals surface area contributed by atoms with Crippen molar-refractivity contribution >= 4 is 21.6 Å². The van der Waals surface area contributed by atoms with Crippen molar-refractivity contribution in [3.8, 4) is 0 Å². The summed E-state index contributed by atoms with van der Waals surface area (Å²) in [6.07, 6.45) is 2.89. The van der Waals surface area contributed by atoms with Crippen LogP contribution in [-0.4, -0.2) is 19.3 Å². The standard InChI is InChI=1S/C19H16FN3O3S/c20-15-9-7-14(8-10-15)12-22-19(24)17-5-1-2-6-18(17)27(25,26)23-16-4-3-11-21-13-16/h1-11,13,23H,12H2,(H,22,24). The van der Waals surface area contributed by atoms with E-state index in [4.69, 9.17) is 0 Å². The third kappa shape index (κ3) is 4.68. The molecule has 8 heteroatoms. The highest BCUT2D eigenvalue weighted by atomic mass is 32.2. The molecule has 0 radical (unpaired) electrons. The number of benzene rings is 2. The molecule has 0 bridgehead atoms. The topological polar surface area (TPSA) is 88.2 Å². The highest BCUT2D eigenvalue weighted by Gasteiger charge is 2.22. The molecule has 3 aromatic rings. The Morgan fingerprint density at radius 3 is 2.44 bits per heavy atom. The highest BCUT2D eigenvalue weighted by Crippen LogP contribution is 2.19. The third-order valence-electron chi connectivity index (χ3n) is 3.70. The predicted molar refractivity (Wildman–Crippen MR) is 99.1 cm³/mol. The molecule has 0 aliphatic carbocycles. The van der Waals surface area contributed by atoms with Gasteiger partial charge in [0.2, 0.25) is 0 Å². The van der Waals surface area contributed by atoms with Gasteiger partial charge in [0.1, 0.15) is 10.7 Å². The molecule has 6 nitrogen and oxygen atoms in total. The van der Waals surface area contributed by atoms with E-state index in [9.17, 15) is 17.6 Å². The van der Waals surface area contributed by atoms with Crippen molar-refractivity contribution in [1.82, 2.24) is 10.3 Å². The van der Waals surface area contributed by atoms with Gasteiger partial charge in [0, 0.05) is 12.7 Å². The van der Waals surface area contributed by atoms with Gasteiger partial charge < -0.3 is 5.32 Å². The number of hydrogen-bond acceptors (Lipinski definition) is 4. The molecule has 0 atom stereocenters. The molecule has 1 heterocycles. The molecular weight excluding hydrogens is 369 g/mol. The van der Waals surface area contributed by atoms with Crippen LogP contribution >= 0.6 is 0 Å². The first-order valence-electron chi connectivity index (χ1n) is 8.00. The van der Waals surface area contributed by atoms with Crippen LogP contribution in [0.25, 0.3) is 0 Å². The van der Waals surface area contributed by atoms with Gasteiger partial charge >= 0.3 is 0 Å². The Balaban J connectivity index is 1.80. The number of amides is 1. The van der Waals surface area contributed by atoms with Crippen LogP contribution in [0.3, 0.4) is 0 Å². The third-order valence-corrected chi connectivity index (χ3v) is 5.14. The summed E-state index contributed by atoms with van der Waals surface area (Å²) < 4.78 is 40.7. The van der Waals surface area contributed by atoms with Gasteiger partial charge in [-0.2, -0.15) is 0 Å². The van der Waals surface area contributed by atoms with Gasteiger partial charge in [-0.25, -0.2) is 12.8 Å². The summed E-state index contributed by atoms with van der Waals surface area (Å²) in [5.41, 5.74) is 0.994. The lowest BCUT2D eigenvalue weighted by atomic mass is 10.2. The molecule has 0 aliphatic rings. The van der Waals surface area contributed by atoms with E-state index in [1.165, 1.54) is 42.7 Å². The van der Waals surface area contributed by atoms with E-state index in [0.717, 1.165) is 0 Å². The van der Waals surface area contributed by atoms with Gasteiger partial charge in [0.25, 0.3) is 15.9 Å². The van der Waals surface area contributed by atoms with Crippen LogP contribution < -0.4 is 10.0 Å². The number of carbonyl (C=O) groups is 1. The van der Waals surface area contributed by atoms with E-state index in [0.29, 0.717) is 11.3 Å². The van der Waals surface area contributed by atoms with Gasteiger partial charge in [-0.15, -0.1) is 0 Å². The summed E-state index contributed by atoms with van der Waals surface area (Å²) in [6, 6.07) is 14.7. The largest absolute Gasteiger partial charge is 0.348 e. The Hall–Kier alpha value is -3.26. The molecule has 3 rings (SSSR count). The number of halogens is 1. The lowest BCUT2D eigenvalue weighted by Crippen LogP contribution is -2.26. The minimum absolute atomic E-state index is 0.0102. The molecule has 2 N–H and O–H groups in total. The number of aromatic nitrogens is 1. The average Bonchev–Trinajstić information content (AvgIpc) is 2.68. The van der Waals surface area contributed by atoms with Gasteiger partial charge in [0.15, 0.2) is 0 Å². The monoisotopic (exact) mass is 385 g/mol. The minimum atomic E-state index is -3.98. The van der Waals surface area contributed by atoms with E-state index in [-0.39, 0.29) is 22.8 Å². The van der Waals surface area contributed by atoms with Crippen LogP contribution in [-0.2, 0) is 16.6 Å². The van der Waals surface area contributed by atoms with E-state index >= 15 is 0 Å². The summed E-state index contributed by atoms with van der Waals surface area (Å²) in [7, 11) is -3.98. The number of sulfonamides is 1. The zero-order chi connectivity index (χ0) is 19.3. The van der Waals surface area contributed by atoms with Crippen LogP contribution in [0.15, 0.2) is 78.0 Å². The molecule has 0 fully saturated rings. The van der Waals surface area contributed by atoms with Crippen molar-refractivity contribution in [1.29, 1.82) is 0 Å². The number of nitrogens with one attached hydrogen (secondary N) is 2. The summed E-state index contributed by atoms with van der Waals surface area (Å²) in [4.78, 5) is 16.2. The van der Waals surface area contributed by atoms with Crippen LogP contribution in [0.1, 0.15) is 15.9 Å². The SMILES string of the molecule is O=C(NCc1ccc(F)cc1)c1ccccc1S(=O)(=O)Nc1cccnc1. The van der Waals surface area contributed by atoms with Gasteiger partial charge in [-0.1, -0.05) is 24.3 Å². The maximum absolute atomic E-state index is 12.9. The first-order valence-corrected chi connectivity index (χ1v) is 9.48. The number of carbonyl (C=O) groups excluding carboxylic acids is 1. The van der Waals surface area contributed by atoms with E-state index < -0.39 is 15.9 Å². The zero-order valence-corrected chi connectivity index (χ0v) is 14.9. The second-order valence-electron chi connectivity index (χ2n) is 5.65. The Kier molecular flexibility index (Phi) is 5.46. The van der Waals surface area contributed by atoms with Crippen molar-refractivity contribution < 1.29 is 17.6 Å². The summed E-state index contributed by atoms with van der Waals surface area (Å²) in [5, 5.41) is 2.65. The first kappa shape index (κ1) is 18.5. The molecule has 0 saturated heterocycles. The summed E-state index contributed by atoms with van der Waals surface area (Å²) in [5.74, 6) is -0.922. The molecular formula is C19H16FN3O3S. The normalized spacial score (nSPS) is 11.0. The van der Waals surface area contributed by atoms with E-state index in [1.54, 1.807) is 30.3 Å². The lowest BCUT2D eigenvalue weighted by Gasteiger charge is -2.12. The minimum Gasteiger partial charge on any atom is -0.348 e. The first-order chi connectivity index (χ1) is 13.0. The average molecular weight is 385 g/mol. The molecule has 2 aromatic carbocycles. The maximum Gasteiger partial charge on any atom is 0.262 e. The molecule has 1 amide bonds.